The first kappa shape index (κ1) is 10.6. The number of rotatable bonds is 2. The molecule has 2 aromatic heterocycles. The Balaban J connectivity index is 2.14. The highest BCUT2D eigenvalue weighted by Gasteiger charge is 2.09. The molecule has 0 aliphatic heterocycles. The van der Waals surface area contributed by atoms with Gasteiger partial charge in [-0.1, -0.05) is 18.2 Å². The Hall–Kier alpha value is -1.58. The Labute approximate surface area is 104 Å². The smallest absolute Gasteiger partial charge is 0.137 e. The van der Waals surface area contributed by atoms with Gasteiger partial charge in [-0.05, 0) is 24.6 Å². The minimum atomic E-state index is 0.587. The van der Waals surface area contributed by atoms with E-state index in [1.165, 1.54) is 10.4 Å². The van der Waals surface area contributed by atoms with Crippen LogP contribution in [0.4, 0.5) is 0 Å². The highest BCUT2D eigenvalue weighted by Crippen LogP contribution is 2.32. The summed E-state index contributed by atoms with van der Waals surface area (Å²) in [6.07, 6.45) is 0. The van der Waals surface area contributed by atoms with Crippen molar-refractivity contribution in [1.82, 2.24) is 0 Å². The van der Waals surface area contributed by atoms with Crippen LogP contribution in [0.25, 0.3) is 22.3 Å². The number of fused-ring (bicyclic) bond motifs is 1. The van der Waals surface area contributed by atoms with Gasteiger partial charge in [0.25, 0.3) is 0 Å². The summed E-state index contributed by atoms with van der Waals surface area (Å²) in [4.78, 5) is 1.18. The maximum atomic E-state index is 5.91. The third kappa shape index (κ3) is 1.77. The molecule has 2 nitrogen and oxygen atoms in total. The fraction of sp³-hybridized carbons (Fsp3) is 0.143. The molecule has 0 radical (unpaired) electrons. The minimum absolute atomic E-state index is 0.587. The molecule has 0 amide bonds. The van der Waals surface area contributed by atoms with Crippen molar-refractivity contribution in [2.45, 2.75) is 13.5 Å². The Morgan fingerprint density at radius 3 is 2.88 bits per heavy atom. The molecule has 3 rings (SSSR count). The van der Waals surface area contributed by atoms with Crippen molar-refractivity contribution in [2.24, 2.45) is 5.73 Å². The topological polar surface area (TPSA) is 39.2 Å². The fourth-order valence-electron chi connectivity index (χ4n) is 1.97. The molecule has 0 unspecified atom stereocenters. The Kier molecular flexibility index (Phi) is 2.50. The van der Waals surface area contributed by atoms with Gasteiger partial charge in [-0.2, -0.15) is 0 Å². The summed E-state index contributed by atoms with van der Waals surface area (Å²) in [6.45, 7) is 2.65. The lowest BCUT2D eigenvalue weighted by atomic mass is 10.1. The van der Waals surface area contributed by atoms with Gasteiger partial charge in [0.1, 0.15) is 11.3 Å². The molecule has 0 bridgehead atoms. The van der Waals surface area contributed by atoms with E-state index in [2.05, 4.69) is 42.6 Å². The van der Waals surface area contributed by atoms with Crippen LogP contribution in [0.3, 0.4) is 0 Å². The maximum absolute atomic E-state index is 5.91. The highest BCUT2D eigenvalue weighted by atomic mass is 32.1. The maximum Gasteiger partial charge on any atom is 0.137 e. The number of para-hydroxylation sites is 1. The third-order valence-electron chi connectivity index (χ3n) is 2.88. The highest BCUT2D eigenvalue weighted by molar-refractivity contribution is 7.10. The van der Waals surface area contributed by atoms with E-state index in [1.54, 1.807) is 11.3 Å². The van der Waals surface area contributed by atoms with Gasteiger partial charge in [-0.25, -0.2) is 0 Å². The molecular weight excluding hydrogens is 230 g/mol. The average Bonchev–Trinajstić information content (AvgIpc) is 2.95. The zero-order valence-electron chi connectivity index (χ0n) is 9.57. The molecule has 0 saturated carbocycles. The number of hydrogen-bond donors (Lipinski definition) is 1. The first-order chi connectivity index (χ1) is 8.28. The van der Waals surface area contributed by atoms with E-state index in [1.807, 2.05) is 0 Å². The number of benzene rings is 1. The van der Waals surface area contributed by atoms with E-state index in [4.69, 9.17) is 10.2 Å². The molecule has 0 spiro atoms. The van der Waals surface area contributed by atoms with E-state index < -0.39 is 0 Å². The molecule has 17 heavy (non-hydrogen) atoms. The Bertz CT molecular complexity index is 666. The van der Waals surface area contributed by atoms with Gasteiger partial charge in [0.05, 0.1) is 0 Å². The largest absolute Gasteiger partial charge is 0.456 e. The van der Waals surface area contributed by atoms with Crippen molar-refractivity contribution in [1.29, 1.82) is 0 Å². The lowest BCUT2D eigenvalue weighted by Gasteiger charge is -1.92. The van der Waals surface area contributed by atoms with Gasteiger partial charge in [0.2, 0.25) is 0 Å². The van der Waals surface area contributed by atoms with Crippen LogP contribution in [0.5, 0.6) is 0 Å². The molecule has 86 valence electrons. The predicted molar refractivity (Wildman–Crippen MR) is 72.2 cm³/mol. The third-order valence-corrected chi connectivity index (χ3v) is 3.84. The second-order valence-electron chi connectivity index (χ2n) is 4.11. The van der Waals surface area contributed by atoms with Crippen LogP contribution in [0, 0.1) is 6.92 Å². The first-order valence-electron chi connectivity index (χ1n) is 5.55. The molecular formula is C14H13NOS. The van der Waals surface area contributed by atoms with Crippen molar-refractivity contribution < 1.29 is 4.42 Å². The number of furan rings is 1. The van der Waals surface area contributed by atoms with Crippen molar-refractivity contribution in [3.05, 3.63) is 46.2 Å². The van der Waals surface area contributed by atoms with Crippen LogP contribution >= 0.6 is 11.3 Å². The van der Waals surface area contributed by atoms with Gasteiger partial charge in [-0.15, -0.1) is 11.3 Å². The van der Waals surface area contributed by atoms with E-state index in [-0.39, 0.29) is 0 Å². The summed E-state index contributed by atoms with van der Waals surface area (Å²) in [6, 6.07) is 10.4. The number of nitrogens with two attached hydrogens (primary N) is 1. The lowest BCUT2D eigenvalue weighted by molar-refractivity contribution is 0.629. The number of thiophene rings is 1. The zero-order valence-corrected chi connectivity index (χ0v) is 10.4. The van der Waals surface area contributed by atoms with Crippen LogP contribution < -0.4 is 5.73 Å². The summed E-state index contributed by atoms with van der Waals surface area (Å²) in [5.74, 6) is 0.922. The van der Waals surface area contributed by atoms with Crippen molar-refractivity contribution in [2.75, 3.05) is 0 Å². The van der Waals surface area contributed by atoms with Crippen molar-refractivity contribution in [3.63, 3.8) is 0 Å². The second kappa shape index (κ2) is 4.02. The fourth-order valence-corrected chi connectivity index (χ4v) is 2.72. The van der Waals surface area contributed by atoms with Crippen LogP contribution in [-0.2, 0) is 6.54 Å². The molecule has 3 heteroatoms. The average molecular weight is 243 g/mol. The van der Waals surface area contributed by atoms with Crippen LogP contribution in [0.15, 0.2) is 40.1 Å². The SMILES string of the molecule is Cc1cccc2cc(-c3csc(CN)c3)oc12. The molecule has 0 aliphatic rings. The quantitative estimate of drug-likeness (QED) is 0.740. The molecule has 0 aliphatic carbocycles. The molecule has 3 aromatic rings. The summed E-state index contributed by atoms with van der Waals surface area (Å²) in [7, 11) is 0. The van der Waals surface area contributed by atoms with Gasteiger partial charge >= 0.3 is 0 Å². The van der Waals surface area contributed by atoms with Gasteiger partial charge in [-0.3, -0.25) is 0 Å². The summed E-state index contributed by atoms with van der Waals surface area (Å²) >= 11 is 1.67. The minimum Gasteiger partial charge on any atom is -0.456 e. The molecule has 0 saturated heterocycles. The van der Waals surface area contributed by atoms with Gasteiger partial charge in [0, 0.05) is 27.8 Å². The summed E-state index contributed by atoms with van der Waals surface area (Å²) in [5, 5.41) is 3.25. The summed E-state index contributed by atoms with van der Waals surface area (Å²) < 4.78 is 5.91. The van der Waals surface area contributed by atoms with E-state index in [9.17, 15) is 0 Å². The second-order valence-corrected chi connectivity index (χ2v) is 5.11. The molecule has 2 N–H and O–H groups in total. The normalized spacial score (nSPS) is 11.2. The van der Waals surface area contributed by atoms with Crippen molar-refractivity contribution in [3.8, 4) is 11.3 Å². The first-order valence-corrected chi connectivity index (χ1v) is 6.43. The standard InChI is InChI=1S/C14H13NOS/c1-9-3-2-4-10-6-13(16-14(9)10)11-5-12(7-15)17-8-11/h2-6,8H,7,15H2,1H3. The van der Waals surface area contributed by atoms with E-state index >= 15 is 0 Å². The number of hydrogen-bond acceptors (Lipinski definition) is 3. The predicted octanol–water partition coefficient (Wildman–Crippen LogP) is 3.93. The van der Waals surface area contributed by atoms with E-state index in [0.29, 0.717) is 6.54 Å². The molecule has 0 atom stereocenters. The van der Waals surface area contributed by atoms with Crippen LogP contribution in [-0.4, -0.2) is 0 Å². The van der Waals surface area contributed by atoms with E-state index in [0.717, 1.165) is 22.3 Å². The number of aryl methyl sites for hydroxylation is 1. The molecule has 1 aromatic carbocycles. The van der Waals surface area contributed by atoms with Crippen molar-refractivity contribution >= 4 is 22.3 Å². The Morgan fingerprint density at radius 2 is 2.18 bits per heavy atom. The summed E-state index contributed by atoms with van der Waals surface area (Å²) in [5.41, 5.74) is 8.88. The molecule has 0 fully saturated rings. The van der Waals surface area contributed by atoms with Gasteiger partial charge in [0.15, 0.2) is 0 Å². The zero-order chi connectivity index (χ0) is 11.8. The monoisotopic (exact) mass is 243 g/mol. The van der Waals surface area contributed by atoms with Gasteiger partial charge < -0.3 is 10.2 Å². The Morgan fingerprint density at radius 1 is 1.29 bits per heavy atom. The molecule has 2 heterocycles. The lowest BCUT2D eigenvalue weighted by Crippen LogP contribution is -1.91. The van der Waals surface area contributed by atoms with Crippen LogP contribution in [0.2, 0.25) is 0 Å². The van der Waals surface area contributed by atoms with Crippen LogP contribution in [0.1, 0.15) is 10.4 Å².